The van der Waals surface area contributed by atoms with Gasteiger partial charge in [0.15, 0.2) is 0 Å². The van der Waals surface area contributed by atoms with Gasteiger partial charge in [-0.2, -0.15) is 0 Å². The van der Waals surface area contributed by atoms with Crippen LogP contribution in [0.25, 0.3) is 0 Å². The van der Waals surface area contributed by atoms with Gasteiger partial charge < -0.3 is 19.1 Å². The standard InChI is InChI=1S/C33H44N2O6S/c1-22-29(40-5)18-27(19-30(22)41-6)32(37)28(17-24-15-25-9-7-8-10-26(25)16-24)21-35-14-13-23(20-35)11-12-31(36)34-42(38,39)33(2,3)4/h7-10,13-14,18-20,24,28,32,37H,11-12,15-17,21H2,1-6H3,(H,34,36)/t28-,32-/m1/s1. The Labute approximate surface area is 250 Å². The molecule has 2 atom stereocenters. The summed E-state index contributed by atoms with van der Waals surface area (Å²) in [5, 5.41) is 11.8. The first kappa shape index (κ1) is 31.6. The second-order valence-corrected chi connectivity index (χ2v) is 14.8. The van der Waals surface area contributed by atoms with E-state index in [0.717, 1.165) is 36.0 Å². The Kier molecular flexibility index (Phi) is 9.73. The fourth-order valence-electron chi connectivity index (χ4n) is 5.73. The monoisotopic (exact) mass is 596 g/mol. The number of hydrogen-bond acceptors (Lipinski definition) is 6. The van der Waals surface area contributed by atoms with E-state index in [-0.39, 0.29) is 12.3 Å². The van der Waals surface area contributed by atoms with Crippen molar-refractivity contribution < 1.29 is 27.8 Å². The van der Waals surface area contributed by atoms with E-state index in [2.05, 4.69) is 33.6 Å². The third-order valence-electron chi connectivity index (χ3n) is 8.29. The summed E-state index contributed by atoms with van der Waals surface area (Å²) in [5.74, 6) is 1.14. The second-order valence-electron chi connectivity index (χ2n) is 12.4. The van der Waals surface area contributed by atoms with Crippen LogP contribution < -0.4 is 14.2 Å². The molecular weight excluding hydrogens is 552 g/mol. The number of aromatic nitrogens is 1. The molecule has 3 aromatic rings. The lowest BCUT2D eigenvalue weighted by Gasteiger charge is -2.27. The predicted octanol–water partition coefficient (Wildman–Crippen LogP) is 5.15. The topological polar surface area (TPSA) is 107 Å². The largest absolute Gasteiger partial charge is 0.496 e. The third kappa shape index (κ3) is 7.36. The number of aliphatic hydroxyl groups excluding tert-OH is 1. The average molecular weight is 597 g/mol. The number of methoxy groups -OCH3 is 2. The van der Waals surface area contributed by atoms with Gasteiger partial charge in [-0.1, -0.05) is 24.3 Å². The fraction of sp³-hybridized carbons (Fsp3) is 0.485. The summed E-state index contributed by atoms with van der Waals surface area (Å²) in [6.07, 6.45) is 6.46. The molecule has 1 aliphatic rings. The molecule has 1 aliphatic carbocycles. The molecule has 0 bridgehead atoms. The summed E-state index contributed by atoms with van der Waals surface area (Å²) in [6.45, 7) is 7.18. The molecule has 0 saturated carbocycles. The van der Waals surface area contributed by atoms with Crippen LogP contribution in [0.15, 0.2) is 54.9 Å². The van der Waals surface area contributed by atoms with Gasteiger partial charge in [-0.3, -0.25) is 9.52 Å². The SMILES string of the molecule is COc1cc([C@@H](O)[C@H](CC2Cc3ccccc3C2)Cn2ccc(CCC(=O)NS(=O)(=O)C(C)(C)C)c2)cc(OC)c1C. The molecule has 0 unspecified atom stereocenters. The quantitative estimate of drug-likeness (QED) is 0.300. The Morgan fingerprint density at radius 1 is 1.07 bits per heavy atom. The number of ether oxygens (including phenoxy) is 2. The summed E-state index contributed by atoms with van der Waals surface area (Å²) in [4.78, 5) is 12.4. The minimum atomic E-state index is -3.74. The third-order valence-corrected chi connectivity index (χ3v) is 10.4. The van der Waals surface area contributed by atoms with Crippen LogP contribution in [-0.2, 0) is 40.6 Å². The summed E-state index contributed by atoms with van der Waals surface area (Å²) in [5.41, 5.74) is 5.32. The molecule has 2 N–H and O–H groups in total. The Morgan fingerprint density at radius 3 is 2.21 bits per heavy atom. The smallest absolute Gasteiger partial charge is 0.239 e. The van der Waals surface area contributed by atoms with E-state index in [0.29, 0.717) is 30.4 Å². The van der Waals surface area contributed by atoms with E-state index < -0.39 is 26.8 Å². The Morgan fingerprint density at radius 2 is 1.67 bits per heavy atom. The van der Waals surface area contributed by atoms with Crippen molar-refractivity contribution >= 4 is 15.9 Å². The van der Waals surface area contributed by atoms with Gasteiger partial charge in [0.05, 0.1) is 25.1 Å². The van der Waals surface area contributed by atoms with Crippen LogP contribution in [0.3, 0.4) is 0 Å². The summed E-state index contributed by atoms with van der Waals surface area (Å²) >= 11 is 0. The number of sulfonamides is 1. The highest BCUT2D eigenvalue weighted by molar-refractivity contribution is 7.91. The van der Waals surface area contributed by atoms with Crippen LogP contribution in [0.4, 0.5) is 0 Å². The number of nitrogens with one attached hydrogen (secondary N) is 1. The minimum absolute atomic E-state index is 0.0642. The Balaban J connectivity index is 1.50. The van der Waals surface area contributed by atoms with Crippen LogP contribution in [0.1, 0.15) is 67.5 Å². The molecule has 1 aromatic heterocycles. The van der Waals surface area contributed by atoms with Crippen molar-refractivity contribution in [2.45, 2.75) is 77.2 Å². The Bertz CT molecular complexity index is 1450. The maximum atomic E-state index is 12.4. The molecule has 0 aliphatic heterocycles. The van der Waals surface area contributed by atoms with Gasteiger partial charge in [-0.15, -0.1) is 0 Å². The molecule has 42 heavy (non-hydrogen) atoms. The number of benzene rings is 2. The maximum Gasteiger partial charge on any atom is 0.239 e. The minimum Gasteiger partial charge on any atom is -0.496 e. The number of rotatable bonds is 12. The predicted molar refractivity (Wildman–Crippen MR) is 164 cm³/mol. The van der Waals surface area contributed by atoms with Crippen LogP contribution in [0.5, 0.6) is 11.5 Å². The van der Waals surface area contributed by atoms with Crippen molar-refractivity contribution in [1.29, 1.82) is 0 Å². The number of carbonyl (C=O) groups excluding carboxylic acids is 1. The molecule has 0 saturated heterocycles. The molecule has 8 nitrogen and oxygen atoms in total. The molecule has 0 spiro atoms. The molecule has 4 rings (SSSR count). The number of aliphatic hydroxyl groups is 1. The van der Waals surface area contributed by atoms with E-state index in [4.69, 9.17) is 9.47 Å². The summed E-state index contributed by atoms with van der Waals surface area (Å²) in [6, 6.07) is 14.3. The number of nitrogens with zero attached hydrogens (tertiary/aromatic N) is 1. The van der Waals surface area contributed by atoms with Gasteiger partial charge in [0.1, 0.15) is 11.5 Å². The summed E-state index contributed by atoms with van der Waals surface area (Å²) in [7, 11) is -0.510. The lowest BCUT2D eigenvalue weighted by molar-refractivity contribution is -0.119. The number of amides is 1. The highest BCUT2D eigenvalue weighted by Crippen LogP contribution is 2.39. The average Bonchev–Trinajstić information content (AvgIpc) is 3.56. The number of aryl methyl sites for hydroxylation is 1. The Hall–Kier alpha value is -3.30. The molecular formula is C33H44N2O6S. The number of hydrogen-bond donors (Lipinski definition) is 2. The highest BCUT2D eigenvalue weighted by atomic mass is 32.2. The lowest BCUT2D eigenvalue weighted by atomic mass is 9.85. The van der Waals surface area contributed by atoms with E-state index in [9.17, 15) is 18.3 Å². The summed E-state index contributed by atoms with van der Waals surface area (Å²) < 4.78 is 39.0. The van der Waals surface area contributed by atoms with Gasteiger partial charge in [-0.25, -0.2) is 8.42 Å². The zero-order valence-electron chi connectivity index (χ0n) is 25.5. The highest BCUT2D eigenvalue weighted by Gasteiger charge is 2.31. The lowest BCUT2D eigenvalue weighted by Crippen LogP contribution is -2.42. The van der Waals surface area contributed by atoms with Crippen molar-refractivity contribution in [3.8, 4) is 11.5 Å². The fourth-order valence-corrected chi connectivity index (χ4v) is 6.44. The molecule has 228 valence electrons. The van der Waals surface area contributed by atoms with Crippen molar-refractivity contribution in [2.24, 2.45) is 11.8 Å². The first-order valence-corrected chi connectivity index (χ1v) is 16.0. The normalized spacial score (nSPS) is 15.2. The van der Waals surface area contributed by atoms with Crippen LogP contribution in [-0.4, -0.2) is 43.0 Å². The van der Waals surface area contributed by atoms with E-state index in [1.54, 1.807) is 35.0 Å². The van der Waals surface area contributed by atoms with Crippen LogP contribution in [0.2, 0.25) is 0 Å². The van der Waals surface area contributed by atoms with Crippen LogP contribution in [0, 0.1) is 18.8 Å². The number of carbonyl (C=O) groups is 1. The van der Waals surface area contributed by atoms with Gasteiger partial charge >= 0.3 is 0 Å². The molecule has 0 radical (unpaired) electrons. The molecule has 2 aromatic carbocycles. The van der Waals surface area contributed by atoms with Crippen molar-refractivity contribution in [3.05, 3.63) is 82.7 Å². The van der Waals surface area contributed by atoms with E-state index in [1.165, 1.54) is 11.1 Å². The van der Waals surface area contributed by atoms with Crippen molar-refractivity contribution in [2.75, 3.05) is 14.2 Å². The van der Waals surface area contributed by atoms with Gasteiger partial charge in [0.2, 0.25) is 15.9 Å². The zero-order valence-corrected chi connectivity index (χ0v) is 26.3. The molecule has 1 amide bonds. The zero-order chi connectivity index (χ0) is 30.7. The van der Waals surface area contributed by atoms with Gasteiger partial charge in [0.25, 0.3) is 0 Å². The van der Waals surface area contributed by atoms with E-state index >= 15 is 0 Å². The molecule has 1 heterocycles. The first-order chi connectivity index (χ1) is 19.8. The van der Waals surface area contributed by atoms with Crippen molar-refractivity contribution in [3.63, 3.8) is 0 Å². The second kappa shape index (κ2) is 12.9. The van der Waals surface area contributed by atoms with Crippen molar-refractivity contribution in [1.82, 2.24) is 9.29 Å². The maximum absolute atomic E-state index is 12.4. The van der Waals surface area contributed by atoms with E-state index in [1.807, 2.05) is 37.5 Å². The number of fused-ring (bicyclic) bond motifs is 1. The first-order valence-electron chi connectivity index (χ1n) is 14.5. The molecule has 0 fully saturated rings. The van der Waals surface area contributed by atoms with Crippen LogP contribution >= 0.6 is 0 Å². The van der Waals surface area contributed by atoms with Gasteiger partial charge in [-0.05, 0) is 99.7 Å². The molecule has 9 heteroatoms. The van der Waals surface area contributed by atoms with Gasteiger partial charge in [0, 0.05) is 36.8 Å².